The SMILES string of the molecule is Cl.O=C(c1ccc[nH]1)N1CCNCC1. The third-order valence-electron chi connectivity index (χ3n) is 2.23. The molecule has 1 aliphatic heterocycles. The Morgan fingerprint density at radius 2 is 2.07 bits per heavy atom. The van der Waals surface area contributed by atoms with Crippen molar-refractivity contribution in [2.45, 2.75) is 0 Å². The Morgan fingerprint density at radius 3 is 2.64 bits per heavy atom. The maximum Gasteiger partial charge on any atom is 0.270 e. The Balaban J connectivity index is 0.000000980. The highest BCUT2D eigenvalue weighted by Crippen LogP contribution is 2.02. The number of H-pyrrole nitrogens is 1. The van der Waals surface area contributed by atoms with Gasteiger partial charge < -0.3 is 15.2 Å². The Kier molecular flexibility index (Phi) is 3.98. The second-order valence-corrected chi connectivity index (χ2v) is 3.13. The van der Waals surface area contributed by atoms with E-state index >= 15 is 0 Å². The van der Waals surface area contributed by atoms with Gasteiger partial charge in [0.1, 0.15) is 5.69 Å². The number of hydrogen-bond acceptors (Lipinski definition) is 2. The number of nitrogens with zero attached hydrogens (tertiary/aromatic N) is 1. The summed E-state index contributed by atoms with van der Waals surface area (Å²) in [4.78, 5) is 16.5. The summed E-state index contributed by atoms with van der Waals surface area (Å²) in [5, 5.41) is 3.21. The number of halogens is 1. The summed E-state index contributed by atoms with van der Waals surface area (Å²) < 4.78 is 0. The van der Waals surface area contributed by atoms with Crippen LogP contribution in [0, 0.1) is 0 Å². The van der Waals surface area contributed by atoms with Gasteiger partial charge in [-0.3, -0.25) is 4.79 Å². The molecule has 1 fully saturated rings. The van der Waals surface area contributed by atoms with Gasteiger partial charge in [0.2, 0.25) is 0 Å². The van der Waals surface area contributed by atoms with Crippen LogP contribution in [0.3, 0.4) is 0 Å². The molecular weight excluding hydrogens is 202 g/mol. The molecule has 1 amide bonds. The van der Waals surface area contributed by atoms with Gasteiger partial charge in [0, 0.05) is 32.4 Å². The first kappa shape index (κ1) is 11.1. The molecule has 0 aromatic carbocycles. The molecule has 0 aliphatic carbocycles. The third kappa shape index (κ3) is 2.27. The van der Waals surface area contributed by atoms with Crippen LogP contribution in [0.2, 0.25) is 0 Å². The van der Waals surface area contributed by atoms with Gasteiger partial charge in [-0.1, -0.05) is 0 Å². The number of amides is 1. The summed E-state index contributed by atoms with van der Waals surface area (Å²) in [6, 6.07) is 3.65. The summed E-state index contributed by atoms with van der Waals surface area (Å²) in [5.74, 6) is 0.103. The minimum absolute atomic E-state index is 0. The lowest BCUT2D eigenvalue weighted by molar-refractivity contribution is 0.0730. The van der Waals surface area contributed by atoms with Crippen LogP contribution in [-0.4, -0.2) is 42.0 Å². The van der Waals surface area contributed by atoms with Gasteiger partial charge in [-0.2, -0.15) is 0 Å². The summed E-state index contributed by atoms with van der Waals surface area (Å²) >= 11 is 0. The predicted molar refractivity (Wildman–Crippen MR) is 56.8 cm³/mol. The van der Waals surface area contributed by atoms with Crippen molar-refractivity contribution in [1.29, 1.82) is 0 Å². The molecule has 2 N–H and O–H groups in total. The molecule has 4 nitrogen and oxygen atoms in total. The first-order valence-corrected chi connectivity index (χ1v) is 4.51. The molecule has 0 saturated carbocycles. The smallest absolute Gasteiger partial charge is 0.270 e. The molecule has 1 aliphatic rings. The molecule has 0 radical (unpaired) electrons. The van der Waals surface area contributed by atoms with Gasteiger partial charge in [0.05, 0.1) is 0 Å². The largest absolute Gasteiger partial charge is 0.357 e. The molecule has 0 spiro atoms. The summed E-state index contributed by atoms with van der Waals surface area (Å²) in [7, 11) is 0. The second kappa shape index (κ2) is 5.02. The summed E-state index contributed by atoms with van der Waals surface area (Å²) in [6.07, 6.45) is 1.77. The molecule has 14 heavy (non-hydrogen) atoms. The number of aromatic amines is 1. The lowest BCUT2D eigenvalue weighted by Crippen LogP contribution is -2.46. The number of carbonyl (C=O) groups excluding carboxylic acids is 1. The highest BCUT2D eigenvalue weighted by atomic mass is 35.5. The molecule has 1 saturated heterocycles. The topological polar surface area (TPSA) is 48.1 Å². The van der Waals surface area contributed by atoms with Crippen LogP contribution >= 0.6 is 12.4 Å². The van der Waals surface area contributed by atoms with Crippen LogP contribution < -0.4 is 5.32 Å². The van der Waals surface area contributed by atoms with Crippen LogP contribution in [0.15, 0.2) is 18.3 Å². The zero-order chi connectivity index (χ0) is 9.10. The zero-order valence-corrected chi connectivity index (χ0v) is 8.64. The molecule has 5 heteroatoms. The second-order valence-electron chi connectivity index (χ2n) is 3.13. The number of hydrogen-bond donors (Lipinski definition) is 2. The van der Waals surface area contributed by atoms with Gasteiger partial charge in [-0.05, 0) is 12.1 Å². The fourth-order valence-corrected chi connectivity index (χ4v) is 1.50. The van der Waals surface area contributed by atoms with Crippen molar-refractivity contribution >= 4 is 18.3 Å². The molecular formula is C9H14ClN3O. The third-order valence-corrected chi connectivity index (χ3v) is 2.23. The van der Waals surface area contributed by atoms with E-state index < -0.39 is 0 Å². The van der Waals surface area contributed by atoms with Crippen molar-refractivity contribution in [2.24, 2.45) is 0 Å². The van der Waals surface area contributed by atoms with Crippen molar-refractivity contribution in [1.82, 2.24) is 15.2 Å². The monoisotopic (exact) mass is 215 g/mol. The molecule has 0 unspecified atom stereocenters. The molecule has 2 heterocycles. The lowest BCUT2D eigenvalue weighted by atomic mass is 10.3. The van der Waals surface area contributed by atoms with E-state index in [-0.39, 0.29) is 18.3 Å². The van der Waals surface area contributed by atoms with E-state index in [1.54, 1.807) is 6.20 Å². The zero-order valence-electron chi connectivity index (χ0n) is 7.82. The highest BCUT2D eigenvalue weighted by molar-refractivity contribution is 5.92. The molecule has 1 aromatic rings. The van der Waals surface area contributed by atoms with Crippen molar-refractivity contribution in [3.05, 3.63) is 24.0 Å². The predicted octanol–water partition coefficient (Wildman–Crippen LogP) is 0.482. The van der Waals surface area contributed by atoms with Crippen LogP contribution in [0.1, 0.15) is 10.5 Å². The minimum Gasteiger partial charge on any atom is -0.357 e. The normalized spacial score (nSPS) is 16.1. The summed E-state index contributed by atoms with van der Waals surface area (Å²) in [6.45, 7) is 3.40. The molecule has 0 atom stereocenters. The molecule has 78 valence electrons. The van der Waals surface area contributed by atoms with Gasteiger partial charge in [0.15, 0.2) is 0 Å². The van der Waals surface area contributed by atoms with Crippen molar-refractivity contribution in [3.63, 3.8) is 0 Å². The van der Waals surface area contributed by atoms with Crippen LogP contribution in [-0.2, 0) is 0 Å². The maximum absolute atomic E-state index is 11.7. The minimum atomic E-state index is 0. The summed E-state index contributed by atoms with van der Waals surface area (Å²) in [5.41, 5.74) is 0.682. The van der Waals surface area contributed by atoms with E-state index in [9.17, 15) is 4.79 Å². The first-order chi connectivity index (χ1) is 6.38. The fraction of sp³-hybridized carbons (Fsp3) is 0.444. The molecule has 0 bridgehead atoms. The van der Waals surface area contributed by atoms with E-state index in [1.165, 1.54) is 0 Å². The Labute approximate surface area is 89.1 Å². The average molecular weight is 216 g/mol. The first-order valence-electron chi connectivity index (χ1n) is 4.51. The Morgan fingerprint density at radius 1 is 1.36 bits per heavy atom. The number of nitrogens with one attached hydrogen (secondary N) is 2. The lowest BCUT2D eigenvalue weighted by Gasteiger charge is -2.26. The standard InChI is InChI=1S/C9H13N3O.ClH/c13-9(8-2-1-3-11-8)12-6-4-10-5-7-12;/h1-3,10-11H,4-7H2;1H. The quantitative estimate of drug-likeness (QED) is 0.716. The van der Waals surface area contributed by atoms with Crippen molar-refractivity contribution < 1.29 is 4.79 Å². The van der Waals surface area contributed by atoms with E-state index in [0.717, 1.165) is 26.2 Å². The van der Waals surface area contributed by atoms with Gasteiger partial charge in [-0.25, -0.2) is 0 Å². The van der Waals surface area contributed by atoms with Gasteiger partial charge in [-0.15, -0.1) is 12.4 Å². The van der Waals surface area contributed by atoms with Gasteiger partial charge >= 0.3 is 0 Å². The van der Waals surface area contributed by atoms with E-state index in [2.05, 4.69) is 10.3 Å². The Hall–Kier alpha value is -1.00. The fourth-order valence-electron chi connectivity index (χ4n) is 1.50. The molecule has 1 aromatic heterocycles. The number of rotatable bonds is 1. The average Bonchev–Trinajstić information content (AvgIpc) is 2.71. The van der Waals surface area contributed by atoms with Crippen LogP contribution in [0.25, 0.3) is 0 Å². The molecule has 2 rings (SSSR count). The Bertz CT molecular complexity index is 280. The maximum atomic E-state index is 11.7. The van der Waals surface area contributed by atoms with Crippen LogP contribution in [0.4, 0.5) is 0 Å². The van der Waals surface area contributed by atoms with Crippen LogP contribution in [0.5, 0.6) is 0 Å². The van der Waals surface area contributed by atoms with Crippen molar-refractivity contribution in [2.75, 3.05) is 26.2 Å². The van der Waals surface area contributed by atoms with Gasteiger partial charge in [0.25, 0.3) is 5.91 Å². The number of aromatic nitrogens is 1. The van der Waals surface area contributed by atoms with Crippen molar-refractivity contribution in [3.8, 4) is 0 Å². The number of piperazine rings is 1. The van der Waals surface area contributed by atoms with E-state index in [4.69, 9.17) is 0 Å². The van der Waals surface area contributed by atoms with E-state index in [1.807, 2.05) is 17.0 Å². The number of carbonyl (C=O) groups is 1. The highest BCUT2D eigenvalue weighted by Gasteiger charge is 2.17. The van der Waals surface area contributed by atoms with E-state index in [0.29, 0.717) is 5.69 Å².